The second kappa shape index (κ2) is 4.90. The summed E-state index contributed by atoms with van der Waals surface area (Å²) in [6.45, 7) is 0. The van der Waals surface area contributed by atoms with Gasteiger partial charge < -0.3 is 10.5 Å². The van der Waals surface area contributed by atoms with Gasteiger partial charge in [-0.05, 0) is 36.6 Å². The predicted octanol–water partition coefficient (Wildman–Crippen LogP) is 3.18. The molecule has 2 rings (SSSR count). The first kappa shape index (κ1) is 10.8. The standard InChI is InChI=1S/C12H12N2OS/c1-16-10-7-5-9(6-8-10)15-12-4-2-3-11(13)14-12/h2-8H,1H3,(H2,13,14). The Hall–Kier alpha value is -1.68. The molecule has 0 spiro atoms. The Morgan fingerprint density at radius 1 is 1.12 bits per heavy atom. The number of aromatic nitrogens is 1. The Kier molecular flexibility index (Phi) is 3.31. The Balaban J connectivity index is 2.14. The summed E-state index contributed by atoms with van der Waals surface area (Å²) in [5, 5.41) is 0. The van der Waals surface area contributed by atoms with Gasteiger partial charge in [-0.15, -0.1) is 11.8 Å². The van der Waals surface area contributed by atoms with Crippen molar-refractivity contribution in [2.75, 3.05) is 12.0 Å². The monoisotopic (exact) mass is 232 g/mol. The molecule has 4 heteroatoms. The van der Waals surface area contributed by atoms with Crippen LogP contribution < -0.4 is 10.5 Å². The van der Waals surface area contributed by atoms with Crippen LogP contribution in [0.1, 0.15) is 0 Å². The molecule has 0 unspecified atom stereocenters. The summed E-state index contributed by atoms with van der Waals surface area (Å²) in [6.07, 6.45) is 2.04. The van der Waals surface area contributed by atoms with Crippen LogP contribution in [0.4, 0.5) is 5.82 Å². The summed E-state index contributed by atoms with van der Waals surface area (Å²) < 4.78 is 5.56. The highest BCUT2D eigenvalue weighted by molar-refractivity contribution is 7.98. The maximum absolute atomic E-state index is 5.56. The highest BCUT2D eigenvalue weighted by atomic mass is 32.2. The van der Waals surface area contributed by atoms with Gasteiger partial charge in [-0.1, -0.05) is 6.07 Å². The fourth-order valence-electron chi connectivity index (χ4n) is 1.25. The molecule has 3 nitrogen and oxygen atoms in total. The third kappa shape index (κ3) is 2.67. The van der Waals surface area contributed by atoms with Crippen molar-refractivity contribution in [2.45, 2.75) is 4.90 Å². The Labute approximate surface area is 98.6 Å². The number of anilines is 1. The van der Waals surface area contributed by atoms with Gasteiger partial charge in [0, 0.05) is 11.0 Å². The highest BCUT2D eigenvalue weighted by Gasteiger charge is 1.98. The Morgan fingerprint density at radius 2 is 1.88 bits per heavy atom. The number of thioether (sulfide) groups is 1. The fraction of sp³-hybridized carbons (Fsp3) is 0.0833. The van der Waals surface area contributed by atoms with Gasteiger partial charge in [0.1, 0.15) is 11.6 Å². The molecular formula is C12H12N2OS. The molecular weight excluding hydrogens is 220 g/mol. The van der Waals surface area contributed by atoms with Crippen molar-refractivity contribution >= 4 is 17.6 Å². The van der Waals surface area contributed by atoms with Crippen LogP contribution in [0.3, 0.4) is 0 Å². The van der Waals surface area contributed by atoms with E-state index in [1.54, 1.807) is 23.9 Å². The normalized spacial score (nSPS) is 10.1. The number of nitrogen functional groups attached to an aromatic ring is 1. The average Bonchev–Trinajstić information content (AvgIpc) is 2.30. The van der Waals surface area contributed by atoms with Crippen LogP contribution in [0.25, 0.3) is 0 Å². The van der Waals surface area contributed by atoms with E-state index in [9.17, 15) is 0 Å². The summed E-state index contributed by atoms with van der Waals surface area (Å²) in [7, 11) is 0. The summed E-state index contributed by atoms with van der Waals surface area (Å²) in [6, 6.07) is 13.2. The van der Waals surface area contributed by atoms with Gasteiger partial charge in [-0.25, -0.2) is 0 Å². The van der Waals surface area contributed by atoms with Gasteiger partial charge in [0.15, 0.2) is 0 Å². The molecule has 0 aliphatic carbocycles. The van der Waals surface area contributed by atoms with Gasteiger partial charge in [-0.2, -0.15) is 4.98 Å². The van der Waals surface area contributed by atoms with E-state index in [4.69, 9.17) is 10.5 Å². The molecule has 0 saturated carbocycles. The van der Waals surface area contributed by atoms with Crippen LogP contribution in [0.15, 0.2) is 47.4 Å². The topological polar surface area (TPSA) is 48.1 Å². The molecule has 1 aromatic carbocycles. The van der Waals surface area contributed by atoms with E-state index in [2.05, 4.69) is 4.98 Å². The SMILES string of the molecule is CSc1ccc(Oc2cccc(N)n2)cc1. The Bertz CT molecular complexity index is 471. The van der Waals surface area contributed by atoms with Crippen molar-refractivity contribution in [3.05, 3.63) is 42.5 Å². The van der Waals surface area contributed by atoms with Crippen molar-refractivity contribution in [1.29, 1.82) is 0 Å². The second-order valence-electron chi connectivity index (χ2n) is 3.18. The summed E-state index contributed by atoms with van der Waals surface area (Å²) in [5.41, 5.74) is 5.56. The minimum absolute atomic E-state index is 0.457. The number of rotatable bonds is 3. The van der Waals surface area contributed by atoms with E-state index in [1.165, 1.54) is 4.90 Å². The molecule has 0 atom stereocenters. The molecule has 0 fully saturated rings. The van der Waals surface area contributed by atoms with Crippen molar-refractivity contribution in [3.8, 4) is 11.6 Å². The van der Waals surface area contributed by atoms with Gasteiger partial charge in [0.2, 0.25) is 5.88 Å². The molecule has 1 aromatic heterocycles. The first-order valence-corrected chi connectivity index (χ1v) is 6.05. The molecule has 82 valence electrons. The molecule has 1 heterocycles. The number of hydrogen-bond acceptors (Lipinski definition) is 4. The van der Waals surface area contributed by atoms with Gasteiger partial charge >= 0.3 is 0 Å². The van der Waals surface area contributed by atoms with Crippen LogP contribution in [0, 0.1) is 0 Å². The fourth-order valence-corrected chi connectivity index (χ4v) is 1.66. The maximum Gasteiger partial charge on any atom is 0.221 e. The minimum Gasteiger partial charge on any atom is -0.439 e. The molecule has 0 aliphatic heterocycles. The summed E-state index contributed by atoms with van der Waals surface area (Å²) in [5.74, 6) is 1.73. The zero-order valence-electron chi connectivity index (χ0n) is 8.88. The van der Waals surface area contributed by atoms with E-state index in [0.29, 0.717) is 11.7 Å². The molecule has 0 aliphatic rings. The number of nitrogens with zero attached hydrogens (tertiary/aromatic N) is 1. The zero-order valence-corrected chi connectivity index (χ0v) is 9.70. The molecule has 0 saturated heterocycles. The van der Waals surface area contributed by atoms with E-state index in [0.717, 1.165) is 5.75 Å². The van der Waals surface area contributed by atoms with E-state index < -0.39 is 0 Å². The lowest BCUT2D eigenvalue weighted by atomic mass is 10.3. The van der Waals surface area contributed by atoms with Gasteiger partial charge in [0.05, 0.1) is 0 Å². The summed E-state index contributed by atoms with van der Waals surface area (Å²) in [4.78, 5) is 5.26. The minimum atomic E-state index is 0.457. The lowest BCUT2D eigenvalue weighted by molar-refractivity contribution is 0.463. The van der Waals surface area contributed by atoms with Crippen LogP contribution in [-0.2, 0) is 0 Å². The summed E-state index contributed by atoms with van der Waals surface area (Å²) >= 11 is 1.70. The smallest absolute Gasteiger partial charge is 0.221 e. The number of benzene rings is 1. The number of hydrogen-bond donors (Lipinski definition) is 1. The van der Waals surface area contributed by atoms with Crippen LogP contribution in [0.5, 0.6) is 11.6 Å². The number of ether oxygens (including phenoxy) is 1. The molecule has 0 radical (unpaired) electrons. The van der Waals surface area contributed by atoms with E-state index in [-0.39, 0.29) is 0 Å². The highest BCUT2D eigenvalue weighted by Crippen LogP contribution is 2.23. The molecule has 0 bridgehead atoms. The molecule has 16 heavy (non-hydrogen) atoms. The van der Waals surface area contributed by atoms with Crippen molar-refractivity contribution in [3.63, 3.8) is 0 Å². The van der Waals surface area contributed by atoms with Gasteiger partial charge in [-0.3, -0.25) is 0 Å². The number of pyridine rings is 1. The second-order valence-corrected chi connectivity index (χ2v) is 4.06. The first-order valence-electron chi connectivity index (χ1n) is 4.82. The molecule has 0 amide bonds. The van der Waals surface area contributed by atoms with Crippen molar-refractivity contribution in [2.24, 2.45) is 0 Å². The van der Waals surface area contributed by atoms with Crippen molar-refractivity contribution in [1.82, 2.24) is 4.98 Å². The van der Waals surface area contributed by atoms with Crippen LogP contribution in [-0.4, -0.2) is 11.2 Å². The van der Waals surface area contributed by atoms with Crippen molar-refractivity contribution < 1.29 is 4.74 Å². The van der Waals surface area contributed by atoms with Crippen LogP contribution >= 0.6 is 11.8 Å². The third-order valence-corrected chi connectivity index (χ3v) is 2.77. The van der Waals surface area contributed by atoms with E-state index >= 15 is 0 Å². The van der Waals surface area contributed by atoms with Crippen LogP contribution in [0.2, 0.25) is 0 Å². The first-order chi connectivity index (χ1) is 7.78. The third-order valence-electron chi connectivity index (χ3n) is 2.03. The lowest BCUT2D eigenvalue weighted by Crippen LogP contribution is -1.92. The number of nitrogens with two attached hydrogens (primary N) is 1. The molecule has 2 N–H and O–H groups in total. The van der Waals surface area contributed by atoms with Gasteiger partial charge in [0.25, 0.3) is 0 Å². The molecule has 2 aromatic rings. The predicted molar refractivity (Wildman–Crippen MR) is 66.9 cm³/mol. The largest absolute Gasteiger partial charge is 0.439 e. The zero-order chi connectivity index (χ0) is 11.4. The Morgan fingerprint density at radius 3 is 2.50 bits per heavy atom. The average molecular weight is 232 g/mol. The lowest BCUT2D eigenvalue weighted by Gasteiger charge is -2.05. The maximum atomic E-state index is 5.56. The van der Waals surface area contributed by atoms with E-state index in [1.807, 2.05) is 36.6 Å². The quantitative estimate of drug-likeness (QED) is 0.826.